The highest BCUT2D eigenvalue weighted by molar-refractivity contribution is 7.23. The molecule has 0 fully saturated rings. The van der Waals surface area contributed by atoms with Crippen LogP contribution in [0.4, 0.5) is 0 Å². The number of benzene rings is 2. The SMILES string of the molecule is COc1ccc2c(c1)sc1nc(Oc3ccc(C)cc3)c(C#N)c(=N)n12. The summed E-state index contributed by atoms with van der Waals surface area (Å²) in [6.07, 6.45) is 0. The number of hydrogen-bond acceptors (Lipinski definition) is 6. The number of rotatable bonds is 3. The van der Waals surface area contributed by atoms with Gasteiger partial charge in [-0.15, -0.1) is 0 Å². The summed E-state index contributed by atoms with van der Waals surface area (Å²) < 4.78 is 13.6. The van der Waals surface area contributed by atoms with Crippen molar-refractivity contribution in [2.75, 3.05) is 7.11 Å². The summed E-state index contributed by atoms with van der Waals surface area (Å²) in [4.78, 5) is 5.08. The third-order valence-corrected chi connectivity index (χ3v) is 5.02. The molecule has 0 aliphatic rings. The predicted octanol–water partition coefficient (Wildman–Crippen LogP) is 4.01. The third-order valence-electron chi connectivity index (χ3n) is 4.02. The number of nitrogens with one attached hydrogen (secondary N) is 1. The van der Waals surface area contributed by atoms with Gasteiger partial charge in [0.2, 0.25) is 5.88 Å². The summed E-state index contributed by atoms with van der Waals surface area (Å²) in [6.45, 7) is 1.98. The number of fused-ring (bicyclic) bond motifs is 3. The molecule has 0 amide bonds. The predicted molar refractivity (Wildman–Crippen MR) is 98.9 cm³/mol. The topological polar surface area (TPSA) is 83.4 Å². The molecule has 0 aliphatic carbocycles. The van der Waals surface area contributed by atoms with Crippen LogP contribution in [0.5, 0.6) is 17.4 Å². The van der Waals surface area contributed by atoms with E-state index in [0.29, 0.717) is 10.7 Å². The minimum Gasteiger partial charge on any atom is -0.497 e. The van der Waals surface area contributed by atoms with E-state index in [-0.39, 0.29) is 16.9 Å². The van der Waals surface area contributed by atoms with E-state index in [4.69, 9.17) is 14.9 Å². The van der Waals surface area contributed by atoms with E-state index in [1.54, 1.807) is 11.5 Å². The molecule has 0 saturated heterocycles. The Morgan fingerprint density at radius 3 is 2.58 bits per heavy atom. The van der Waals surface area contributed by atoms with Gasteiger partial charge in [-0.3, -0.25) is 9.81 Å². The summed E-state index contributed by atoms with van der Waals surface area (Å²) >= 11 is 1.41. The smallest absolute Gasteiger partial charge is 0.243 e. The van der Waals surface area contributed by atoms with E-state index in [2.05, 4.69) is 4.98 Å². The standard InChI is InChI=1S/C19H14N4O2S/c1-11-3-5-12(6-4-11)25-18-14(10-20)17(21)23-15-8-7-13(24-2)9-16(15)26-19(23)22-18/h3-9,21H,1-2H3. The Bertz CT molecular complexity index is 1230. The molecule has 6 nitrogen and oxygen atoms in total. The van der Waals surface area contributed by atoms with Crippen molar-refractivity contribution in [3.05, 3.63) is 59.1 Å². The van der Waals surface area contributed by atoms with Crippen molar-refractivity contribution in [2.24, 2.45) is 0 Å². The number of nitriles is 1. The van der Waals surface area contributed by atoms with Crippen molar-refractivity contribution in [1.29, 1.82) is 10.7 Å². The number of aromatic nitrogens is 2. The Balaban J connectivity index is 1.94. The van der Waals surface area contributed by atoms with E-state index in [1.165, 1.54) is 11.3 Å². The molecule has 2 aromatic carbocycles. The van der Waals surface area contributed by atoms with Crippen LogP contribution >= 0.6 is 11.3 Å². The van der Waals surface area contributed by atoms with Crippen LogP contribution in [0.3, 0.4) is 0 Å². The first-order valence-corrected chi connectivity index (χ1v) is 8.65. The molecule has 0 radical (unpaired) electrons. The fourth-order valence-corrected chi connectivity index (χ4v) is 3.72. The van der Waals surface area contributed by atoms with E-state index in [1.807, 2.05) is 55.5 Å². The lowest BCUT2D eigenvalue weighted by molar-refractivity contribution is 0.415. The average Bonchev–Trinajstić information content (AvgIpc) is 3.01. The van der Waals surface area contributed by atoms with Gasteiger partial charge in [0.05, 0.1) is 17.3 Å². The number of thiazole rings is 1. The van der Waals surface area contributed by atoms with Crippen LogP contribution in [0.1, 0.15) is 11.1 Å². The van der Waals surface area contributed by atoms with Crippen LogP contribution in [-0.2, 0) is 0 Å². The normalized spacial score (nSPS) is 10.8. The van der Waals surface area contributed by atoms with Gasteiger partial charge in [-0.25, -0.2) is 0 Å². The lowest BCUT2D eigenvalue weighted by Gasteiger charge is -2.08. The Hall–Kier alpha value is -3.37. The Kier molecular flexibility index (Phi) is 3.82. The molecule has 4 aromatic rings. The van der Waals surface area contributed by atoms with Gasteiger partial charge in [0.1, 0.15) is 17.6 Å². The van der Waals surface area contributed by atoms with E-state index >= 15 is 0 Å². The van der Waals surface area contributed by atoms with Crippen molar-refractivity contribution in [3.8, 4) is 23.4 Å². The zero-order valence-electron chi connectivity index (χ0n) is 14.1. The number of hydrogen-bond donors (Lipinski definition) is 1. The van der Waals surface area contributed by atoms with Crippen molar-refractivity contribution >= 4 is 26.5 Å². The average molecular weight is 362 g/mol. The van der Waals surface area contributed by atoms with Crippen LogP contribution in [-0.4, -0.2) is 16.5 Å². The van der Waals surface area contributed by atoms with Gasteiger partial charge in [-0.05, 0) is 37.3 Å². The Morgan fingerprint density at radius 2 is 1.88 bits per heavy atom. The molecule has 7 heteroatoms. The minimum absolute atomic E-state index is 0.0519. The van der Waals surface area contributed by atoms with Gasteiger partial charge in [-0.1, -0.05) is 29.0 Å². The molecule has 0 atom stereocenters. The molecule has 4 rings (SSSR count). The van der Waals surface area contributed by atoms with Crippen LogP contribution in [0.2, 0.25) is 0 Å². The number of nitrogens with zero attached hydrogens (tertiary/aromatic N) is 3. The van der Waals surface area contributed by atoms with Crippen molar-refractivity contribution in [2.45, 2.75) is 6.92 Å². The van der Waals surface area contributed by atoms with Crippen LogP contribution in [0.15, 0.2) is 42.5 Å². The summed E-state index contributed by atoms with van der Waals surface area (Å²) in [6, 6.07) is 15.1. The zero-order chi connectivity index (χ0) is 18.3. The first-order chi connectivity index (χ1) is 12.6. The van der Waals surface area contributed by atoms with E-state index in [0.717, 1.165) is 21.5 Å². The van der Waals surface area contributed by atoms with Gasteiger partial charge < -0.3 is 9.47 Å². The van der Waals surface area contributed by atoms with Gasteiger partial charge in [0, 0.05) is 0 Å². The molecule has 0 unspecified atom stereocenters. The lowest BCUT2D eigenvalue weighted by atomic mass is 10.2. The van der Waals surface area contributed by atoms with Crippen molar-refractivity contribution in [1.82, 2.24) is 9.38 Å². The first kappa shape index (κ1) is 16.1. The van der Waals surface area contributed by atoms with Crippen molar-refractivity contribution < 1.29 is 9.47 Å². The Labute approximate surface area is 153 Å². The molecule has 2 aromatic heterocycles. The molecule has 128 valence electrons. The molecule has 26 heavy (non-hydrogen) atoms. The highest BCUT2D eigenvalue weighted by atomic mass is 32.1. The maximum Gasteiger partial charge on any atom is 0.243 e. The second-order valence-electron chi connectivity index (χ2n) is 5.72. The van der Waals surface area contributed by atoms with Gasteiger partial charge >= 0.3 is 0 Å². The summed E-state index contributed by atoms with van der Waals surface area (Å²) in [5.41, 5.74) is 2.06. The van der Waals surface area contributed by atoms with Crippen LogP contribution < -0.4 is 15.0 Å². The molecule has 1 N–H and O–H groups in total. The maximum absolute atomic E-state index is 9.55. The molecule has 0 saturated carbocycles. The monoisotopic (exact) mass is 362 g/mol. The highest BCUT2D eigenvalue weighted by Gasteiger charge is 2.16. The largest absolute Gasteiger partial charge is 0.497 e. The van der Waals surface area contributed by atoms with Crippen LogP contribution in [0, 0.1) is 23.7 Å². The molecule has 0 bridgehead atoms. The third kappa shape index (κ3) is 2.57. The summed E-state index contributed by atoms with van der Waals surface area (Å²) in [7, 11) is 1.61. The minimum atomic E-state index is 0.0519. The van der Waals surface area contributed by atoms with E-state index in [9.17, 15) is 5.26 Å². The second-order valence-corrected chi connectivity index (χ2v) is 6.73. The summed E-state index contributed by atoms with van der Waals surface area (Å²) in [5.74, 6) is 1.44. The molecular formula is C19H14N4O2S. The lowest BCUT2D eigenvalue weighted by Crippen LogP contribution is -2.18. The number of aryl methyl sites for hydroxylation is 1. The summed E-state index contributed by atoms with van der Waals surface area (Å²) in [5, 5.41) is 18.0. The molecule has 0 aliphatic heterocycles. The Morgan fingerprint density at radius 1 is 1.15 bits per heavy atom. The fourth-order valence-electron chi connectivity index (χ4n) is 2.67. The number of ether oxygens (including phenoxy) is 2. The maximum atomic E-state index is 9.55. The fraction of sp³-hybridized carbons (Fsp3) is 0.105. The first-order valence-electron chi connectivity index (χ1n) is 7.83. The highest BCUT2D eigenvalue weighted by Crippen LogP contribution is 2.30. The quantitative estimate of drug-likeness (QED) is 0.597. The van der Waals surface area contributed by atoms with Gasteiger partial charge in [0.25, 0.3) is 0 Å². The second kappa shape index (κ2) is 6.17. The zero-order valence-corrected chi connectivity index (χ0v) is 14.9. The number of methoxy groups -OCH3 is 1. The molecule has 0 spiro atoms. The van der Waals surface area contributed by atoms with Gasteiger partial charge in [-0.2, -0.15) is 10.2 Å². The molecular weight excluding hydrogens is 348 g/mol. The van der Waals surface area contributed by atoms with Crippen molar-refractivity contribution in [3.63, 3.8) is 0 Å². The molecule has 2 heterocycles. The van der Waals surface area contributed by atoms with E-state index < -0.39 is 0 Å². The van der Waals surface area contributed by atoms with Crippen LogP contribution in [0.25, 0.3) is 15.2 Å². The van der Waals surface area contributed by atoms with Gasteiger partial charge in [0.15, 0.2) is 16.0 Å².